The number of thioether (sulfide) groups is 1. The number of hydrogen-bond donors (Lipinski definition) is 1. The SMILES string of the molecule is O=C(O)CCSc1nnc(COc2ccccc2)n1Cc1ccccc1. The van der Waals surface area contributed by atoms with Crippen LogP contribution in [-0.4, -0.2) is 31.6 Å². The molecule has 1 heterocycles. The van der Waals surface area contributed by atoms with Crippen molar-refractivity contribution in [3.63, 3.8) is 0 Å². The molecule has 134 valence electrons. The van der Waals surface area contributed by atoms with Gasteiger partial charge in [0.2, 0.25) is 0 Å². The number of hydrogen-bond acceptors (Lipinski definition) is 5. The lowest BCUT2D eigenvalue weighted by atomic mass is 10.2. The third-order valence-corrected chi connectivity index (χ3v) is 4.60. The molecule has 3 rings (SSSR count). The van der Waals surface area contributed by atoms with Gasteiger partial charge in [-0.05, 0) is 17.7 Å². The van der Waals surface area contributed by atoms with Crippen LogP contribution in [0.2, 0.25) is 0 Å². The molecule has 0 atom stereocenters. The highest BCUT2D eigenvalue weighted by molar-refractivity contribution is 7.99. The van der Waals surface area contributed by atoms with Gasteiger partial charge in [0.05, 0.1) is 13.0 Å². The van der Waals surface area contributed by atoms with E-state index in [-0.39, 0.29) is 6.42 Å². The van der Waals surface area contributed by atoms with E-state index in [4.69, 9.17) is 9.84 Å². The Bertz CT molecular complexity index is 838. The number of rotatable bonds is 9. The molecular formula is C19H19N3O3S. The molecule has 0 fully saturated rings. The summed E-state index contributed by atoms with van der Waals surface area (Å²) in [6.45, 7) is 0.903. The first-order chi connectivity index (χ1) is 12.7. The first-order valence-corrected chi connectivity index (χ1v) is 9.19. The van der Waals surface area contributed by atoms with E-state index in [1.807, 2.05) is 65.2 Å². The second kappa shape index (κ2) is 9.05. The maximum atomic E-state index is 10.8. The van der Waals surface area contributed by atoms with Crippen LogP contribution in [0, 0.1) is 0 Å². The summed E-state index contributed by atoms with van der Waals surface area (Å²) in [7, 11) is 0. The van der Waals surface area contributed by atoms with E-state index in [9.17, 15) is 4.79 Å². The highest BCUT2D eigenvalue weighted by Crippen LogP contribution is 2.21. The molecule has 6 nitrogen and oxygen atoms in total. The lowest BCUT2D eigenvalue weighted by Crippen LogP contribution is -2.10. The molecule has 3 aromatic rings. The molecule has 7 heteroatoms. The van der Waals surface area contributed by atoms with Crippen molar-refractivity contribution in [1.82, 2.24) is 14.8 Å². The van der Waals surface area contributed by atoms with Crippen LogP contribution in [0.3, 0.4) is 0 Å². The number of carboxylic acid groups (broad SMARTS) is 1. The lowest BCUT2D eigenvalue weighted by Gasteiger charge is -2.11. The van der Waals surface area contributed by atoms with Gasteiger partial charge >= 0.3 is 5.97 Å². The number of carboxylic acids is 1. The number of ether oxygens (including phenoxy) is 1. The fourth-order valence-electron chi connectivity index (χ4n) is 2.35. The fourth-order valence-corrected chi connectivity index (χ4v) is 3.24. The number of nitrogens with zero attached hydrogens (tertiary/aromatic N) is 3. The van der Waals surface area contributed by atoms with Gasteiger partial charge in [0, 0.05) is 5.75 Å². The van der Waals surface area contributed by atoms with Gasteiger partial charge in [0.15, 0.2) is 11.0 Å². The Hall–Kier alpha value is -2.80. The quantitative estimate of drug-likeness (QED) is 0.582. The van der Waals surface area contributed by atoms with Crippen LogP contribution in [-0.2, 0) is 17.9 Å². The van der Waals surface area contributed by atoms with E-state index in [1.165, 1.54) is 11.8 Å². The van der Waals surface area contributed by atoms with Crippen molar-refractivity contribution in [1.29, 1.82) is 0 Å². The van der Waals surface area contributed by atoms with Crippen LogP contribution in [0.5, 0.6) is 5.75 Å². The fraction of sp³-hybridized carbons (Fsp3) is 0.211. The lowest BCUT2D eigenvalue weighted by molar-refractivity contribution is -0.136. The van der Waals surface area contributed by atoms with Gasteiger partial charge in [-0.2, -0.15) is 0 Å². The molecule has 0 radical (unpaired) electrons. The molecule has 1 N–H and O–H groups in total. The minimum atomic E-state index is -0.820. The minimum absolute atomic E-state index is 0.0821. The molecule has 2 aromatic carbocycles. The second-order valence-electron chi connectivity index (χ2n) is 5.56. The zero-order valence-corrected chi connectivity index (χ0v) is 14.9. The van der Waals surface area contributed by atoms with Gasteiger partial charge in [-0.15, -0.1) is 10.2 Å². The van der Waals surface area contributed by atoms with E-state index in [0.29, 0.717) is 29.9 Å². The smallest absolute Gasteiger partial charge is 0.304 e. The van der Waals surface area contributed by atoms with Crippen LogP contribution in [0.25, 0.3) is 0 Å². The van der Waals surface area contributed by atoms with Crippen LogP contribution >= 0.6 is 11.8 Å². The Morgan fingerprint density at radius 2 is 1.73 bits per heavy atom. The predicted octanol–water partition coefficient (Wildman–Crippen LogP) is 3.47. The highest BCUT2D eigenvalue weighted by atomic mass is 32.2. The molecule has 26 heavy (non-hydrogen) atoms. The first kappa shape index (κ1) is 18.0. The monoisotopic (exact) mass is 369 g/mol. The van der Waals surface area contributed by atoms with E-state index in [2.05, 4.69) is 10.2 Å². The number of para-hydroxylation sites is 1. The van der Waals surface area contributed by atoms with Crippen molar-refractivity contribution in [3.8, 4) is 5.75 Å². The van der Waals surface area contributed by atoms with Gasteiger partial charge in [0.1, 0.15) is 12.4 Å². The predicted molar refractivity (Wildman–Crippen MR) is 99.3 cm³/mol. The molecule has 0 bridgehead atoms. The minimum Gasteiger partial charge on any atom is -0.486 e. The molecule has 0 saturated heterocycles. The molecule has 0 spiro atoms. The summed E-state index contributed by atoms with van der Waals surface area (Å²) < 4.78 is 7.78. The van der Waals surface area contributed by atoms with Crippen LogP contribution in [0.15, 0.2) is 65.8 Å². The van der Waals surface area contributed by atoms with Crippen molar-refractivity contribution in [3.05, 3.63) is 72.1 Å². The molecule has 0 unspecified atom stereocenters. The molecule has 0 aliphatic carbocycles. The largest absolute Gasteiger partial charge is 0.486 e. The molecule has 0 aliphatic heterocycles. The maximum absolute atomic E-state index is 10.8. The molecule has 0 saturated carbocycles. The average Bonchev–Trinajstić information content (AvgIpc) is 3.03. The topological polar surface area (TPSA) is 77.2 Å². The summed E-state index contributed by atoms with van der Waals surface area (Å²) in [5.41, 5.74) is 1.12. The van der Waals surface area contributed by atoms with E-state index in [0.717, 1.165) is 11.3 Å². The van der Waals surface area contributed by atoms with E-state index in [1.54, 1.807) is 0 Å². The zero-order chi connectivity index (χ0) is 18.2. The summed E-state index contributed by atoms with van der Waals surface area (Å²) in [6.07, 6.45) is 0.0821. The van der Waals surface area contributed by atoms with Gasteiger partial charge in [-0.1, -0.05) is 60.3 Å². The van der Waals surface area contributed by atoms with Gasteiger partial charge in [-0.3, -0.25) is 9.36 Å². The van der Waals surface area contributed by atoms with Crippen molar-refractivity contribution in [2.24, 2.45) is 0 Å². The van der Waals surface area contributed by atoms with Gasteiger partial charge < -0.3 is 9.84 Å². The van der Waals surface area contributed by atoms with Crippen molar-refractivity contribution >= 4 is 17.7 Å². The van der Waals surface area contributed by atoms with Gasteiger partial charge in [0.25, 0.3) is 0 Å². The second-order valence-corrected chi connectivity index (χ2v) is 6.63. The summed E-state index contributed by atoms with van der Waals surface area (Å²) >= 11 is 1.39. The third-order valence-electron chi connectivity index (χ3n) is 3.64. The third kappa shape index (κ3) is 5.10. The van der Waals surface area contributed by atoms with Crippen molar-refractivity contribution in [2.75, 3.05) is 5.75 Å². The maximum Gasteiger partial charge on any atom is 0.304 e. The van der Waals surface area contributed by atoms with Crippen LogP contribution in [0.4, 0.5) is 0 Å². The molecule has 1 aromatic heterocycles. The average molecular weight is 369 g/mol. The molecule has 0 amide bonds. The first-order valence-electron chi connectivity index (χ1n) is 8.21. The Morgan fingerprint density at radius 1 is 1.04 bits per heavy atom. The Morgan fingerprint density at radius 3 is 2.42 bits per heavy atom. The summed E-state index contributed by atoms with van der Waals surface area (Å²) in [5, 5.41) is 18.0. The van der Waals surface area contributed by atoms with E-state index >= 15 is 0 Å². The summed E-state index contributed by atoms with van der Waals surface area (Å²) in [4.78, 5) is 10.8. The summed E-state index contributed by atoms with van der Waals surface area (Å²) in [5.74, 6) is 1.10. The molecular weight excluding hydrogens is 350 g/mol. The van der Waals surface area contributed by atoms with Crippen molar-refractivity contribution in [2.45, 2.75) is 24.7 Å². The van der Waals surface area contributed by atoms with Crippen LogP contribution in [0.1, 0.15) is 17.8 Å². The number of carbonyl (C=O) groups is 1. The highest BCUT2D eigenvalue weighted by Gasteiger charge is 2.14. The Kier molecular flexibility index (Phi) is 6.27. The van der Waals surface area contributed by atoms with E-state index < -0.39 is 5.97 Å². The van der Waals surface area contributed by atoms with Crippen LogP contribution < -0.4 is 4.74 Å². The standard InChI is InChI=1S/C19H19N3O3S/c23-18(24)11-12-26-19-21-20-17(14-25-16-9-5-2-6-10-16)22(19)13-15-7-3-1-4-8-15/h1-10H,11-14H2,(H,23,24). The normalized spacial score (nSPS) is 10.6. The number of aliphatic carboxylic acids is 1. The zero-order valence-electron chi connectivity index (χ0n) is 14.1. The molecule has 0 aliphatic rings. The van der Waals surface area contributed by atoms with Crippen molar-refractivity contribution < 1.29 is 14.6 Å². The number of benzene rings is 2. The Balaban J connectivity index is 1.76. The van der Waals surface area contributed by atoms with Gasteiger partial charge in [-0.25, -0.2) is 0 Å². The number of aromatic nitrogens is 3. The summed E-state index contributed by atoms with van der Waals surface area (Å²) in [6, 6.07) is 19.5. The Labute approximate surface area is 155 Å².